The first-order chi connectivity index (χ1) is 9.90. The minimum atomic E-state index is -0.783. The molecule has 4 nitrogen and oxygen atoms in total. The zero-order valence-electron chi connectivity index (χ0n) is 12.8. The van der Waals surface area contributed by atoms with E-state index in [2.05, 4.69) is 0 Å². The molecule has 2 rings (SSSR count). The standard InChI is InChI=1S/C17H21NO3/c1-17(2,16(19)21-4)15(18)13-6-5-12-10-14(20-3)8-7-11(12)9-13/h5-10,15H,18H2,1-4H3/t15-/m0/s1. The summed E-state index contributed by atoms with van der Waals surface area (Å²) in [4.78, 5) is 11.9. The number of hydrogen-bond donors (Lipinski definition) is 1. The number of rotatable bonds is 4. The van der Waals surface area contributed by atoms with Crippen LogP contribution in [0.5, 0.6) is 5.75 Å². The van der Waals surface area contributed by atoms with Gasteiger partial charge in [0.05, 0.1) is 19.6 Å². The lowest BCUT2D eigenvalue weighted by Crippen LogP contribution is -2.37. The number of carbonyl (C=O) groups excluding carboxylic acids is 1. The zero-order valence-corrected chi connectivity index (χ0v) is 12.8. The van der Waals surface area contributed by atoms with E-state index < -0.39 is 11.5 Å². The van der Waals surface area contributed by atoms with Gasteiger partial charge in [-0.05, 0) is 48.4 Å². The molecule has 21 heavy (non-hydrogen) atoms. The van der Waals surface area contributed by atoms with Crippen LogP contribution in [-0.2, 0) is 9.53 Å². The van der Waals surface area contributed by atoms with Crippen LogP contribution in [0.1, 0.15) is 25.5 Å². The smallest absolute Gasteiger partial charge is 0.313 e. The maximum atomic E-state index is 11.9. The summed E-state index contributed by atoms with van der Waals surface area (Å²) in [5, 5.41) is 2.13. The summed E-state index contributed by atoms with van der Waals surface area (Å²) in [6.45, 7) is 3.59. The highest BCUT2D eigenvalue weighted by Gasteiger charge is 2.36. The van der Waals surface area contributed by atoms with E-state index in [0.717, 1.165) is 22.1 Å². The second-order valence-electron chi connectivity index (χ2n) is 5.66. The van der Waals surface area contributed by atoms with Gasteiger partial charge in [0.25, 0.3) is 0 Å². The molecule has 4 heteroatoms. The number of methoxy groups -OCH3 is 2. The van der Waals surface area contributed by atoms with Crippen molar-refractivity contribution in [2.45, 2.75) is 19.9 Å². The zero-order chi connectivity index (χ0) is 15.6. The number of nitrogens with two attached hydrogens (primary N) is 1. The number of benzene rings is 2. The minimum absolute atomic E-state index is 0.315. The van der Waals surface area contributed by atoms with Crippen molar-refractivity contribution in [2.24, 2.45) is 11.1 Å². The molecule has 2 aromatic rings. The van der Waals surface area contributed by atoms with Crippen molar-refractivity contribution in [2.75, 3.05) is 14.2 Å². The highest BCUT2D eigenvalue weighted by molar-refractivity contribution is 5.85. The van der Waals surface area contributed by atoms with Crippen LogP contribution in [0.2, 0.25) is 0 Å². The van der Waals surface area contributed by atoms with Gasteiger partial charge in [-0.25, -0.2) is 0 Å². The molecule has 0 heterocycles. The summed E-state index contributed by atoms with van der Waals surface area (Å²) in [5.74, 6) is 0.499. The number of hydrogen-bond acceptors (Lipinski definition) is 4. The van der Waals surface area contributed by atoms with Crippen molar-refractivity contribution >= 4 is 16.7 Å². The molecule has 0 radical (unpaired) electrons. The molecule has 0 fully saturated rings. The SMILES string of the molecule is COC(=O)C(C)(C)[C@@H](N)c1ccc2cc(OC)ccc2c1. The maximum Gasteiger partial charge on any atom is 0.313 e. The second kappa shape index (κ2) is 5.74. The van der Waals surface area contributed by atoms with Gasteiger partial charge in [-0.3, -0.25) is 4.79 Å². The average molecular weight is 287 g/mol. The van der Waals surface area contributed by atoms with Gasteiger partial charge in [-0.2, -0.15) is 0 Å². The maximum absolute atomic E-state index is 11.9. The summed E-state index contributed by atoms with van der Waals surface area (Å²) in [5.41, 5.74) is 6.39. The third-order valence-corrected chi connectivity index (χ3v) is 3.92. The summed E-state index contributed by atoms with van der Waals surface area (Å²) in [7, 11) is 3.02. The second-order valence-corrected chi connectivity index (χ2v) is 5.66. The fraction of sp³-hybridized carbons (Fsp3) is 0.353. The Morgan fingerprint density at radius 1 is 1.10 bits per heavy atom. The fourth-order valence-electron chi connectivity index (χ4n) is 2.37. The molecule has 112 valence electrons. The Kier molecular flexibility index (Phi) is 4.19. The van der Waals surface area contributed by atoms with Crippen molar-refractivity contribution in [1.29, 1.82) is 0 Å². The Balaban J connectivity index is 2.41. The summed E-state index contributed by atoms with van der Waals surface area (Å²) in [6, 6.07) is 11.4. The Bertz CT molecular complexity index is 664. The lowest BCUT2D eigenvalue weighted by Gasteiger charge is -2.29. The molecule has 0 bridgehead atoms. The van der Waals surface area contributed by atoms with Crippen LogP contribution in [0, 0.1) is 5.41 Å². The predicted octanol–water partition coefficient (Wildman–Crippen LogP) is 3.05. The van der Waals surface area contributed by atoms with Crippen LogP contribution < -0.4 is 10.5 Å². The molecule has 0 spiro atoms. The predicted molar refractivity (Wildman–Crippen MR) is 83.2 cm³/mol. The van der Waals surface area contributed by atoms with Crippen LogP contribution in [0.25, 0.3) is 10.8 Å². The van der Waals surface area contributed by atoms with Crippen molar-refractivity contribution in [3.63, 3.8) is 0 Å². The Hall–Kier alpha value is -2.07. The number of esters is 1. The average Bonchev–Trinajstić information content (AvgIpc) is 2.51. The Morgan fingerprint density at radius 3 is 2.33 bits per heavy atom. The summed E-state index contributed by atoms with van der Waals surface area (Å²) in [6.07, 6.45) is 0. The monoisotopic (exact) mass is 287 g/mol. The van der Waals surface area contributed by atoms with Gasteiger partial charge in [0.2, 0.25) is 0 Å². The van der Waals surface area contributed by atoms with Crippen LogP contribution in [0.15, 0.2) is 36.4 Å². The first kappa shape index (κ1) is 15.3. The van der Waals surface area contributed by atoms with Crippen molar-refractivity contribution < 1.29 is 14.3 Å². The number of fused-ring (bicyclic) bond motifs is 1. The molecule has 0 aliphatic carbocycles. The lowest BCUT2D eigenvalue weighted by atomic mass is 9.80. The molecule has 0 saturated carbocycles. The normalized spacial score (nSPS) is 13.0. The molecule has 1 atom stereocenters. The Labute approximate surface area is 124 Å². The first-order valence-electron chi connectivity index (χ1n) is 6.82. The molecule has 2 aromatic carbocycles. The molecule has 0 aliphatic heterocycles. The van der Waals surface area contributed by atoms with E-state index in [-0.39, 0.29) is 5.97 Å². The molecule has 2 N–H and O–H groups in total. The molecule has 0 unspecified atom stereocenters. The van der Waals surface area contributed by atoms with E-state index in [9.17, 15) is 4.79 Å². The van der Waals surface area contributed by atoms with E-state index in [1.54, 1.807) is 21.0 Å². The van der Waals surface area contributed by atoms with Gasteiger partial charge in [0.1, 0.15) is 5.75 Å². The van der Waals surface area contributed by atoms with Crippen molar-refractivity contribution in [3.05, 3.63) is 42.0 Å². The molecular formula is C17H21NO3. The van der Waals surface area contributed by atoms with Crippen molar-refractivity contribution in [1.82, 2.24) is 0 Å². The fourth-order valence-corrected chi connectivity index (χ4v) is 2.37. The van der Waals surface area contributed by atoms with E-state index in [4.69, 9.17) is 15.2 Å². The number of ether oxygens (including phenoxy) is 2. The summed E-state index contributed by atoms with van der Waals surface area (Å²) < 4.78 is 10.1. The van der Waals surface area contributed by atoms with E-state index in [1.165, 1.54) is 7.11 Å². The van der Waals surface area contributed by atoms with Gasteiger partial charge in [0, 0.05) is 6.04 Å². The van der Waals surface area contributed by atoms with Crippen LogP contribution in [0.3, 0.4) is 0 Å². The van der Waals surface area contributed by atoms with Gasteiger partial charge >= 0.3 is 5.97 Å². The molecule has 0 saturated heterocycles. The minimum Gasteiger partial charge on any atom is -0.497 e. The first-order valence-corrected chi connectivity index (χ1v) is 6.82. The third kappa shape index (κ3) is 2.85. The lowest BCUT2D eigenvalue weighted by molar-refractivity contribution is -0.152. The van der Waals surface area contributed by atoms with Crippen molar-refractivity contribution in [3.8, 4) is 5.75 Å². The quantitative estimate of drug-likeness (QED) is 0.878. The van der Waals surface area contributed by atoms with Crippen LogP contribution in [-0.4, -0.2) is 20.2 Å². The molecular weight excluding hydrogens is 266 g/mol. The molecule has 0 aliphatic rings. The van der Waals surface area contributed by atoms with Gasteiger partial charge in [-0.15, -0.1) is 0 Å². The largest absolute Gasteiger partial charge is 0.497 e. The number of carbonyl (C=O) groups is 1. The highest BCUT2D eigenvalue weighted by atomic mass is 16.5. The van der Waals surface area contributed by atoms with Crippen LogP contribution >= 0.6 is 0 Å². The van der Waals surface area contributed by atoms with Gasteiger partial charge in [0.15, 0.2) is 0 Å². The third-order valence-electron chi connectivity index (χ3n) is 3.92. The summed E-state index contributed by atoms with van der Waals surface area (Å²) >= 11 is 0. The van der Waals surface area contributed by atoms with E-state index >= 15 is 0 Å². The Morgan fingerprint density at radius 2 is 1.71 bits per heavy atom. The van der Waals surface area contributed by atoms with Gasteiger partial charge in [-0.1, -0.05) is 18.2 Å². The molecule has 0 aromatic heterocycles. The van der Waals surface area contributed by atoms with E-state index in [1.807, 2.05) is 36.4 Å². The molecule has 0 amide bonds. The topological polar surface area (TPSA) is 61.5 Å². The van der Waals surface area contributed by atoms with E-state index in [0.29, 0.717) is 0 Å². The highest BCUT2D eigenvalue weighted by Crippen LogP contribution is 2.34. The van der Waals surface area contributed by atoms with Gasteiger partial charge < -0.3 is 15.2 Å². The van der Waals surface area contributed by atoms with Crippen LogP contribution in [0.4, 0.5) is 0 Å².